The summed E-state index contributed by atoms with van der Waals surface area (Å²) in [5, 5.41) is 1.38. The van der Waals surface area contributed by atoms with E-state index in [9.17, 15) is 0 Å². The largest absolute Gasteiger partial charge is 0.311 e. The van der Waals surface area contributed by atoms with Crippen LogP contribution in [-0.2, 0) is 27.1 Å². The van der Waals surface area contributed by atoms with Gasteiger partial charge < -0.3 is 9.80 Å². The van der Waals surface area contributed by atoms with E-state index in [0.29, 0.717) is 0 Å². The average molecular weight is 845 g/mol. The van der Waals surface area contributed by atoms with E-state index < -0.39 is 0 Å². The topological polar surface area (TPSA) is 6.48 Å². The average Bonchev–Trinajstić information content (AvgIpc) is 3.59. The first-order chi connectivity index (χ1) is 29.5. The summed E-state index contributed by atoms with van der Waals surface area (Å²) < 4.78 is 2.84. The smallest absolute Gasteiger partial charge is 0.264 e. The van der Waals surface area contributed by atoms with Gasteiger partial charge in [-0.15, -0.1) is 11.3 Å². The van der Waals surface area contributed by atoms with Crippen LogP contribution in [0.2, 0.25) is 0 Å². The van der Waals surface area contributed by atoms with Gasteiger partial charge in [0.05, 0.1) is 5.69 Å². The number of nitrogens with zero attached hydrogens (tertiary/aromatic N) is 2. The van der Waals surface area contributed by atoms with Gasteiger partial charge in [0.1, 0.15) is 0 Å². The Labute approximate surface area is 382 Å². The number of aryl methyl sites for hydroxylation is 1. The fraction of sp³-hybridized carbons (Fsp3) is 0.356. The van der Waals surface area contributed by atoms with Crippen molar-refractivity contribution >= 4 is 78.0 Å². The summed E-state index contributed by atoms with van der Waals surface area (Å²) in [5.74, 6) is 0. The van der Waals surface area contributed by atoms with Crippen molar-refractivity contribution < 1.29 is 0 Å². The number of hydrogen-bond donors (Lipinski definition) is 0. The van der Waals surface area contributed by atoms with Crippen LogP contribution in [-0.4, -0.2) is 6.71 Å². The Bertz CT molecular complexity index is 2930. The van der Waals surface area contributed by atoms with Gasteiger partial charge in [-0.3, -0.25) is 0 Å². The summed E-state index contributed by atoms with van der Waals surface area (Å²) in [7, 11) is 0. The van der Waals surface area contributed by atoms with Crippen molar-refractivity contribution in [2.45, 2.75) is 137 Å². The first kappa shape index (κ1) is 41.9. The fourth-order valence-electron chi connectivity index (χ4n) is 10.7. The van der Waals surface area contributed by atoms with Gasteiger partial charge in [-0.05, 0) is 157 Å². The summed E-state index contributed by atoms with van der Waals surface area (Å²) in [6.45, 7) is 33.4. The molecule has 0 saturated heterocycles. The van der Waals surface area contributed by atoms with E-state index in [2.05, 4.69) is 222 Å². The number of rotatable bonds is 3. The summed E-state index contributed by atoms with van der Waals surface area (Å²) in [5.41, 5.74) is 21.5. The third-order valence-electron chi connectivity index (χ3n) is 14.8. The molecule has 0 bridgehead atoms. The van der Waals surface area contributed by atoms with Crippen molar-refractivity contribution in [2.24, 2.45) is 0 Å². The maximum Gasteiger partial charge on any atom is 0.264 e. The van der Waals surface area contributed by atoms with Crippen LogP contribution in [0.5, 0.6) is 0 Å². The van der Waals surface area contributed by atoms with Crippen molar-refractivity contribution in [3.8, 4) is 11.1 Å². The highest BCUT2D eigenvalue weighted by Gasteiger charge is 2.47. The van der Waals surface area contributed by atoms with Crippen LogP contribution in [0.1, 0.15) is 136 Å². The van der Waals surface area contributed by atoms with E-state index in [1.54, 1.807) is 0 Å². The van der Waals surface area contributed by atoms with Gasteiger partial charge >= 0.3 is 0 Å². The van der Waals surface area contributed by atoms with Crippen LogP contribution in [0.25, 0.3) is 21.2 Å². The minimum Gasteiger partial charge on any atom is -0.311 e. The molecule has 4 heteroatoms. The minimum absolute atomic E-state index is 0.0117. The molecule has 6 aromatic carbocycles. The van der Waals surface area contributed by atoms with Crippen LogP contribution in [0.3, 0.4) is 0 Å². The Morgan fingerprint density at radius 3 is 1.67 bits per heavy atom. The second-order valence-corrected chi connectivity index (χ2v) is 24.6. The van der Waals surface area contributed by atoms with Crippen molar-refractivity contribution in [1.82, 2.24) is 0 Å². The van der Waals surface area contributed by atoms with Crippen LogP contribution >= 0.6 is 11.3 Å². The second-order valence-electron chi connectivity index (χ2n) is 23.5. The number of thiophene rings is 1. The number of benzene rings is 6. The van der Waals surface area contributed by atoms with Gasteiger partial charge in [-0.1, -0.05) is 151 Å². The zero-order valence-electron chi connectivity index (χ0n) is 40.3. The third-order valence-corrected chi connectivity index (χ3v) is 16.0. The Balaban J connectivity index is 1.32. The molecule has 0 saturated carbocycles. The molecule has 1 aromatic heterocycles. The van der Waals surface area contributed by atoms with E-state index in [4.69, 9.17) is 0 Å². The van der Waals surface area contributed by atoms with E-state index in [1.807, 2.05) is 11.3 Å². The molecule has 320 valence electrons. The van der Waals surface area contributed by atoms with Gasteiger partial charge in [0.25, 0.3) is 6.71 Å². The van der Waals surface area contributed by atoms with Crippen molar-refractivity contribution in [3.63, 3.8) is 0 Å². The number of hydrogen-bond acceptors (Lipinski definition) is 3. The molecule has 10 rings (SSSR count). The lowest BCUT2D eigenvalue weighted by Gasteiger charge is -2.44. The van der Waals surface area contributed by atoms with Crippen LogP contribution in [0.15, 0.2) is 115 Å². The standard InChI is InChI=1S/C59H65BN2S/c1-36-28-49-52-50(29-36)62(42-23-20-38(21-24-42)37-18-16-15-17-19-37)53-44-34-45-46(59(13,14)27-26-58(45,11)12)35-51(44)63-54(53)60(52)47-33-39(55(2,3)4)22-25-48(47)61(49)43-31-40(56(5,6)7)30-41(32-43)57(8,9)10/h15-25,28-35H,26-27H2,1-14H3. The highest BCUT2D eigenvalue weighted by atomic mass is 32.1. The van der Waals surface area contributed by atoms with Gasteiger partial charge in [-0.2, -0.15) is 0 Å². The molecule has 3 aliphatic rings. The van der Waals surface area contributed by atoms with Crippen LogP contribution < -0.4 is 25.5 Å². The first-order valence-corrected chi connectivity index (χ1v) is 24.2. The first-order valence-electron chi connectivity index (χ1n) is 23.3. The number of anilines is 6. The summed E-state index contributed by atoms with van der Waals surface area (Å²) in [4.78, 5) is 5.29. The molecular formula is C59H65BN2S. The van der Waals surface area contributed by atoms with E-state index in [1.165, 1.54) is 117 Å². The molecule has 0 radical (unpaired) electrons. The second kappa shape index (κ2) is 14.0. The predicted octanol–water partition coefficient (Wildman–Crippen LogP) is 15.2. The van der Waals surface area contributed by atoms with Crippen molar-refractivity contribution in [1.29, 1.82) is 0 Å². The zero-order valence-corrected chi connectivity index (χ0v) is 41.1. The van der Waals surface area contributed by atoms with Crippen LogP contribution in [0, 0.1) is 6.92 Å². The summed E-state index contributed by atoms with van der Waals surface area (Å²) in [6, 6.07) is 45.2. The molecule has 0 N–H and O–H groups in total. The van der Waals surface area contributed by atoms with E-state index in [0.717, 1.165) is 0 Å². The Kier molecular flexibility index (Phi) is 9.30. The maximum atomic E-state index is 2.65. The van der Waals surface area contributed by atoms with Gasteiger partial charge in [0.15, 0.2) is 0 Å². The molecule has 7 aromatic rings. The van der Waals surface area contributed by atoms with Crippen molar-refractivity contribution in [2.75, 3.05) is 9.80 Å². The van der Waals surface area contributed by atoms with E-state index >= 15 is 0 Å². The molecular weight excluding hydrogens is 780 g/mol. The molecule has 2 nitrogen and oxygen atoms in total. The maximum absolute atomic E-state index is 2.65. The quantitative estimate of drug-likeness (QED) is 0.164. The van der Waals surface area contributed by atoms with Gasteiger partial charge in [-0.25, -0.2) is 0 Å². The lowest BCUT2D eigenvalue weighted by molar-refractivity contribution is 0.332. The van der Waals surface area contributed by atoms with Crippen molar-refractivity contribution in [3.05, 3.63) is 149 Å². The lowest BCUT2D eigenvalue weighted by atomic mass is 9.36. The molecule has 0 amide bonds. The SMILES string of the molecule is Cc1cc2c3c(c1)N(c1ccc(-c4ccccc4)cc1)c1c(sc4cc5c(cc14)C(C)(C)CCC5(C)C)B3c1cc(C(C)(C)C)ccc1N2c1cc(C(C)(C)C)cc(C(C)(C)C)c1. The monoisotopic (exact) mass is 844 g/mol. The molecule has 3 heterocycles. The summed E-state index contributed by atoms with van der Waals surface area (Å²) >= 11 is 2.04. The number of fused-ring (bicyclic) bond motifs is 7. The van der Waals surface area contributed by atoms with E-state index in [-0.39, 0.29) is 33.8 Å². The lowest BCUT2D eigenvalue weighted by Crippen LogP contribution is -2.60. The van der Waals surface area contributed by atoms with Gasteiger partial charge in [0.2, 0.25) is 0 Å². The molecule has 0 atom stereocenters. The summed E-state index contributed by atoms with van der Waals surface area (Å²) in [6.07, 6.45) is 2.39. The third kappa shape index (κ3) is 6.80. The Morgan fingerprint density at radius 1 is 0.524 bits per heavy atom. The molecule has 1 aliphatic carbocycles. The normalized spacial score (nSPS) is 16.4. The minimum atomic E-state index is -0.0176. The molecule has 63 heavy (non-hydrogen) atoms. The molecule has 0 spiro atoms. The highest BCUT2D eigenvalue weighted by Crippen LogP contribution is 2.53. The zero-order chi connectivity index (χ0) is 44.8. The van der Waals surface area contributed by atoms with Crippen LogP contribution in [0.4, 0.5) is 34.1 Å². The highest BCUT2D eigenvalue weighted by molar-refractivity contribution is 7.33. The molecule has 0 fully saturated rings. The molecule has 2 aliphatic heterocycles. The predicted molar refractivity (Wildman–Crippen MR) is 277 cm³/mol. The molecule has 0 unspecified atom stereocenters. The Hall–Kier alpha value is -5.06. The Morgan fingerprint density at radius 2 is 1.08 bits per heavy atom. The van der Waals surface area contributed by atoms with Gasteiger partial charge in [0, 0.05) is 43.3 Å². The fourth-order valence-corrected chi connectivity index (χ4v) is 12.1.